The topological polar surface area (TPSA) is 129 Å². The van der Waals surface area contributed by atoms with Crippen LogP contribution in [0.15, 0.2) is 0 Å². The van der Waals surface area contributed by atoms with E-state index < -0.39 is 32.7 Å². The molecule has 0 aliphatic rings. The first-order valence-corrected chi connectivity index (χ1v) is 21.0. The van der Waals surface area contributed by atoms with Crippen molar-refractivity contribution < 1.29 is 85.6 Å². The van der Waals surface area contributed by atoms with Gasteiger partial charge in [-0.05, 0) is 12.8 Å². The van der Waals surface area contributed by atoms with Crippen molar-refractivity contribution in [2.24, 2.45) is 5.92 Å². The molecule has 276 valence electrons. The molecule has 0 rings (SSSR count). The fourth-order valence-corrected chi connectivity index (χ4v) is 8.09. The Morgan fingerprint density at radius 3 is 1.00 bits per heavy atom. The monoisotopic (exact) mass is 714 g/mol. The molecule has 47 heavy (non-hydrogen) atoms. The van der Waals surface area contributed by atoms with Crippen LogP contribution in [0, 0.1) is 5.92 Å². The zero-order valence-corrected chi connectivity index (χ0v) is 35.0. The third-order valence-corrected chi connectivity index (χ3v) is 11.5. The molecule has 0 bridgehead atoms. The van der Waals surface area contributed by atoms with Crippen molar-refractivity contribution in [1.82, 2.24) is 0 Å². The smallest absolute Gasteiger partial charge is 1.00 e. The summed E-state index contributed by atoms with van der Waals surface area (Å²) in [6.07, 6.45) is 33.5. The second kappa shape index (κ2) is 33.6. The summed E-state index contributed by atoms with van der Waals surface area (Å²) in [5.41, 5.74) is 0. The predicted molar refractivity (Wildman–Crippen MR) is 193 cm³/mol. The minimum Gasteiger partial charge on any atom is -1.00 e. The van der Waals surface area contributed by atoms with Gasteiger partial charge in [-0.1, -0.05) is 206 Å². The van der Waals surface area contributed by atoms with E-state index in [1.54, 1.807) is 0 Å². The number of carboxylic acids is 2. The van der Waals surface area contributed by atoms with Crippen molar-refractivity contribution in [2.75, 3.05) is 0 Å². The van der Waals surface area contributed by atoms with Crippen LogP contribution in [0.25, 0.3) is 0 Å². The summed E-state index contributed by atoms with van der Waals surface area (Å²) in [4.78, 5) is 24.5. The number of hydrogen-bond acceptors (Lipinski definition) is 4. The van der Waals surface area contributed by atoms with Gasteiger partial charge in [0, 0.05) is 0 Å². The summed E-state index contributed by atoms with van der Waals surface area (Å²) in [6.45, 7) is 4.48. The molecule has 0 heterocycles. The summed E-state index contributed by atoms with van der Waals surface area (Å²) in [7, 11) is -5.14. The van der Waals surface area contributed by atoms with Gasteiger partial charge in [-0.2, -0.15) is 8.42 Å². The summed E-state index contributed by atoms with van der Waals surface area (Å²) in [5.74, 6) is -4.89. The first-order chi connectivity index (χ1) is 22.1. The van der Waals surface area contributed by atoms with Gasteiger partial charge in [-0.3, -0.25) is 14.1 Å². The molecule has 0 aliphatic heterocycles. The quantitative estimate of drug-likeness (QED) is 0.0336. The van der Waals surface area contributed by atoms with Gasteiger partial charge in [0.15, 0.2) is 0 Å². The normalized spacial score (nSPS) is 13.6. The van der Waals surface area contributed by atoms with Crippen LogP contribution >= 0.6 is 0 Å². The largest absolute Gasteiger partial charge is 1.00 e. The molecule has 9 heteroatoms. The fraction of sp³-hybridized carbons (Fsp3) is 0.947. The van der Waals surface area contributed by atoms with Crippen LogP contribution in [0.5, 0.6) is 0 Å². The minimum absolute atomic E-state index is 0. The van der Waals surface area contributed by atoms with E-state index in [4.69, 9.17) is 0 Å². The maximum Gasteiger partial charge on any atom is 1.00 e. The summed E-state index contributed by atoms with van der Waals surface area (Å²) < 4.78 is 32.4. The number of hydrogen-bond donors (Lipinski definition) is 3. The van der Waals surface area contributed by atoms with Crippen molar-refractivity contribution in [3.63, 3.8) is 0 Å². The van der Waals surface area contributed by atoms with E-state index in [9.17, 15) is 32.8 Å². The van der Waals surface area contributed by atoms with Gasteiger partial charge in [0.2, 0.25) is 4.75 Å². The fourth-order valence-electron chi connectivity index (χ4n) is 6.88. The molecule has 0 amide bonds. The van der Waals surface area contributed by atoms with Crippen molar-refractivity contribution in [1.29, 1.82) is 0 Å². The molecule has 0 aromatic heterocycles. The second-order valence-electron chi connectivity index (χ2n) is 14.0. The van der Waals surface area contributed by atoms with Crippen molar-refractivity contribution in [3.8, 4) is 0 Å². The average molecular weight is 715 g/mol. The Hall–Kier alpha value is 0.486. The zero-order valence-electron chi connectivity index (χ0n) is 32.1. The Morgan fingerprint density at radius 2 is 0.766 bits per heavy atom. The Labute approximate surface area is 334 Å². The van der Waals surface area contributed by atoms with Gasteiger partial charge in [0.05, 0.1) is 5.92 Å². The Balaban J connectivity index is -0.0000101. The van der Waals surface area contributed by atoms with Crippen LogP contribution < -0.4 is 51.4 Å². The van der Waals surface area contributed by atoms with E-state index in [0.29, 0.717) is 12.8 Å². The molecular formula is C38H75KO7S. The third kappa shape index (κ3) is 25.1. The number of carboxylic acid groups (broad SMARTS) is 2. The van der Waals surface area contributed by atoms with Crippen molar-refractivity contribution in [2.45, 2.75) is 224 Å². The van der Waals surface area contributed by atoms with Crippen LogP contribution in [0.1, 0.15) is 221 Å². The first-order valence-electron chi connectivity index (χ1n) is 19.6. The second-order valence-corrected chi connectivity index (χ2v) is 15.7. The van der Waals surface area contributed by atoms with E-state index in [2.05, 4.69) is 13.8 Å². The Bertz CT molecular complexity index is 843. The Morgan fingerprint density at radius 1 is 0.511 bits per heavy atom. The van der Waals surface area contributed by atoms with Crippen molar-refractivity contribution >= 4 is 22.1 Å². The molecule has 0 aromatic carbocycles. The maximum atomic E-state index is 12.5. The van der Waals surface area contributed by atoms with E-state index >= 15 is 0 Å². The molecule has 0 saturated heterocycles. The van der Waals surface area contributed by atoms with Gasteiger partial charge < -0.3 is 11.6 Å². The van der Waals surface area contributed by atoms with E-state index in [1.165, 1.54) is 128 Å². The van der Waals surface area contributed by atoms with E-state index in [-0.39, 0.29) is 72.1 Å². The minimum atomic E-state index is -5.14. The number of aliphatic carboxylic acids is 2. The van der Waals surface area contributed by atoms with Gasteiger partial charge in [0.25, 0.3) is 10.1 Å². The van der Waals surface area contributed by atoms with E-state index in [1.807, 2.05) is 0 Å². The van der Waals surface area contributed by atoms with Crippen LogP contribution in [-0.4, -0.2) is 39.9 Å². The molecule has 2 atom stereocenters. The SMILES string of the molecule is CCCCCCCCCCCCCCCCCCC(C(=O)O)(C(CCCCCCCCCCCCCCCC)C(=O)O)S(=O)(=O)O.[H-].[K+]. The zero-order chi connectivity index (χ0) is 34.4. The van der Waals surface area contributed by atoms with Crippen LogP contribution in [0.3, 0.4) is 0 Å². The molecule has 3 N–H and O–H groups in total. The van der Waals surface area contributed by atoms with E-state index in [0.717, 1.165) is 44.9 Å². The molecular weight excluding hydrogens is 640 g/mol. The molecule has 2 unspecified atom stereocenters. The van der Waals surface area contributed by atoms with Gasteiger partial charge in [-0.15, -0.1) is 0 Å². The maximum absolute atomic E-state index is 12.5. The van der Waals surface area contributed by atoms with Crippen molar-refractivity contribution in [3.05, 3.63) is 0 Å². The first kappa shape index (κ1) is 49.6. The van der Waals surface area contributed by atoms with Gasteiger partial charge in [-0.25, -0.2) is 0 Å². The number of rotatable bonds is 36. The molecule has 0 spiro atoms. The molecule has 0 aromatic rings. The number of carbonyl (C=O) groups is 2. The van der Waals surface area contributed by atoms with Gasteiger partial charge in [0.1, 0.15) is 0 Å². The van der Waals surface area contributed by atoms with Gasteiger partial charge >= 0.3 is 63.3 Å². The standard InChI is InChI=1S/C38H74O7S.K.H/c1-3-5-7-9-11-13-15-17-19-20-22-24-26-28-30-32-34-38(37(41)42,46(43,44)45)35(36(39)40)33-31-29-27-25-23-21-18-16-14-12-10-8-6-4-2;;/h35H,3-34H2,1-2H3,(H,39,40)(H,41,42)(H,43,44,45);;/q;+1;-1. The summed E-state index contributed by atoms with van der Waals surface area (Å²) in [5, 5.41) is 19.9. The van der Waals surface area contributed by atoms with Crippen LogP contribution in [0.2, 0.25) is 0 Å². The number of unbranched alkanes of at least 4 members (excludes halogenated alkanes) is 28. The predicted octanol–water partition coefficient (Wildman–Crippen LogP) is 9.04. The molecule has 0 fully saturated rings. The Kier molecular flexibility index (Phi) is 35.5. The molecule has 7 nitrogen and oxygen atoms in total. The molecule has 0 radical (unpaired) electrons. The third-order valence-electron chi connectivity index (χ3n) is 9.93. The molecule has 0 aliphatic carbocycles. The summed E-state index contributed by atoms with van der Waals surface area (Å²) >= 11 is 0. The van der Waals surface area contributed by atoms with Crippen LogP contribution in [0.4, 0.5) is 0 Å². The average Bonchev–Trinajstić information content (AvgIpc) is 3.00. The molecule has 0 saturated carbocycles. The van der Waals surface area contributed by atoms with Crippen LogP contribution in [-0.2, 0) is 19.7 Å². The summed E-state index contributed by atoms with van der Waals surface area (Å²) in [6, 6.07) is 0.